The van der Waals surface area contributed by atoms with Gasteiger partial charge in [0.1, 0.15) is 11.8 Å². The molecule has 1 heterocycles. The van der Waals surface area contributed by atoms with Crippen molar-refractivity contribution < 1.29 is 31.9 Å². The van der Waals surface area contributed by atoms with E-state index in [1.807, 2.05) is 0 Å². The Bertz CT molecular complexity index is 533. The van der Waals surface area contributed by atoms with E-state index in [1.165, 1.54) is 0 Å². The maximum Gasteiger partial charge on any atom is 0.418 e. The first-order chi connectivity index (χ1) is 8.20. The number of halogens is 5. The molecule has 0 aliphatic heterocycles. The zero-order valence-corrected chi connectivity index (χ0v) is 8.29. The van der Waals surface area contributed by atoms with Crippen LogP contribution in [-0.4, -0.2) is 16.1 Å². The standard InChI is InChI=1S/C9H3F5N2O2/c10-7(11)6-3(1-15)5(9(12,13)14)4(2-16-6)8(17)18/h2,7H,(H,17,18). The predicted octanol–water partition coefficient (Wildman–Crippen LogP) is 2.61. The molecule has 0 aromatic carbocycles. The molecule has 0 fully saturated rings. The molecule has 1 aromatic heterocycles. The Morgan fingerprint density at radius 2 is 2.00 bits per heavy atom. The molecule has 0 atom stereocenters. The second kappa shape index (κ2) is 4.56. The third kappa shape index (κ3) is 2.37. The highest BCUT2D eigenvalue weighted by Crippen LogP contribution is 2.37. The van der Waals surface area contributed by atoms with E-state index >= 15 is 0 Å². The largest absolute Gasteiger partial charge is 0.478 e. The van der Waals surface area contributed by atoms with Gasteiger partial charge in [-0.2, -0.15) is 18.4 Å². The topological polar surface area (TPSA) is 74.0 Å². The van der Waals surface area contributed by atoms with Crippen LogP contribution in [0.5, 0.6) is 0 Å². The van der Waals surface area contributed by atoms with Gasteiger partial charge in [-0.05, 0) is 0 Å². The van der Waals surface area contributed by atoms with Gasteiger partial charge in [0.25, 0.3) is 6.43 Å². The lowest BCUT2D eigenvalue weighted by Gasteiger charge is -2.13. The van der Waals surface area contributed by atoms with E-state index in [0.29, 0.717) is 0 Å². The van der Waals surface area contributed by atoms with Crippen LogP contribution < -0.4 is 0 Å². The van der Waals surface area contributed by atoms with Gasteiger partial charge in [0, 0.05) is 6.20 Å². The highest BCUT2D eigenvalue weighted by molar-refractivity contribution is 5.90. The number of pyridine rings is 1. The number of carbonyl (C=O) groups is 1. The van der Waals surface area contributed by atoms with E-state index in [9.17, 15) is 26.7 Å². The van der Waals surface area contributed by atoms with Gasteiger partial charge < -0.3 is 5.11 Å². The molecule has 0 aliphatic rings. The maximum atomic E-state index is 12.6. The van der Waals surface area contributed by atoms with E-state index < -0.39 is 41.0 Å². The second-order valence-electron chi connectivity index (χ2n) is 3.02. The molecular formula is C9H3F5N2O2. The molecule has 96 valence electrons. The zero-order chi connectivity index (χ0) is 14.1. The van der Waals surface area contributed by atoms with Crippen molar-refractivity contribution in [2.75, 3.05) is 0 Å². The fraction of sp³-hybridized carbons (Fsp3) is 0.222. The van der Waals surface area contributed by atoms with Gasteiger partial charge >= 0.3 is 12.1 Å². The van der Waals surface area contributed by atoms with Crippen molar-refractivity contribution in [2.45, 2.75) is 12.6 Å². The first-order valence-electron chi connectivity index (χ1n) is 4.21. The van der Waals surface area contributed by atoms with Crippen molar-refractivity contribution in [1.29, 1.82) is 5.26 Å². The summed E-state index contributed by atoms with van der Waals surface area (Å²) in [6, 6.07) is 0.922. The number of nitriles is 1. The summed E-state index contributed by atoms with van der Waals surface area (Å²) in [5.74, 6) is -2.01. The SMILES string of the molecule is N#Cc1c(C(F)F)ncc(C(=O)O)c1C(F)(F)F. The molecule has 0 radical (unpaired) electrons. The van der Waals surface area contributed by atoms with Gasteiger partial charge in [-0.3, -0.25) is 4.98 Å². The summed E-state index contributed by atoms with van der Waals surface area (Å²) in [5.41, 5.74) is -6.13. The van der Waals surface area contributed by atoms with Crippen molar-refractivity contribution in [2.24, 2.45) is 0 Å². The Labute approximate surface area is 96.3 Å². The van der Waals surface area contributed by atoms with Crippen molar-refractivity contribution in [1.82, 2.24) is 4.98 Å². The number of nitrogens with zero attached hydrogens (tertiary/aromatic N) is 2. The Morgan fingerprint density at radius 1 is 1.44 bits per heavy atom. The van der Waals surface area contributed by atoms with Crippen LogP contribution in [-0.2, 0) is 6.18 Å². The monoisotopic (exact) mass is 266 g/mol. The van der Waals surface area contributed by atoms with E-state index in [2.05, 4.69) is 4.98 Å². The van der Waals surface area contributed by atoms with Crippen LogP contribution in [0.25, 0.3) is 0 Å². The first kappa shape index (κ1) is 13.8. The Balaban J connectivity index is 3.75. The molecule has 1 rings (SSSR count). The van der Waals surface area contributed by atoms with Gasteiger partial charge in [-0.1, -0.05) is 0 Å². The first-order valence-corrected chi connectivity index (χ1v) is 4.21. The minimum atomic E-state index is -5.24. The third-order valence-electron chi connectivity index (χ3n) is 1.94. The molecule has 0 spiro atoms. The van der Waals surface area contributed by atoms with Crippen molar-refractivity contribution in [3.05, 3.63) is 28.6 Å². The summed E-state index contributed by atoms with van der Waals surface area (Å²) in [6.45, 7) is 0. The molecule has 0 amide bonds. The third-order valence-corrected chi connectivity index (χ3v) is 1.94. The second-order valence-corrected chi connectivity index (χ2v) is 3.02. The molecule has 0 bridgehead atoms. The summed E-state index contributed by atoms with van der Waals surface area (Å²) in [4.78, 5) is 13.5. The maximum absolute atomic E-state index is 12.6. The average Bonchev–Trinajstić information content (AvgIpc) is 2.25. The van der Waals surface area contributed by atoms with Gasteiger partial charge in [-0.25, -0.2) is 13.6 Å². The smallest absolute Gasteiger partial charge is 0.418 e. The fourth-order valence-corrected chi connectivity index (χ4v) is 1.26. The Morgan fingerprint density at radius 3 is 2.33 bits per heavy atom. The van der Waals surface area contributed by atoms with E-state index in [4.69, 9.17) is 10.4 Å². The summed E-state index contributed by atoms with van der Waals surface area (Å²) in [7, 11) is 0. The van der Waals surface area contributed by atoms with E-state index in [-0.39, 0.29) is 6.20 Å². The van der Waals surface area contributed by atoms with Gasteiger partial charge in [-0.15, -0.1) is 0 Å². The summed E-state index contributed by atoms with van der Waals surface area (Å²) < 4.78 is 62.6. The molecule has 1 aromatic rings. The fourth-order valence-electron chi connectivity index (χ4n) is 1.26. The molecule has 0 unspecified atom stereocenters. The normalized spacial score (nSPS) is 11.4. The predicted molar refractivity (Wildman–Crippen MR) is 45.9 cm³/mol. The number of aromatic carboxylic acids is 1. The number of hydrogen-bond acceptors (Lipinski definition) is 3. The molecule has 1 N–H and O–H groups in total. The molecule has 0 saturated carbocycles. The number of carboxylic acid groups (broad SMARTS) is 1. The quantitative estimate of drug-likeness (QED) is 0.835. The van der Waals surface area contributed by atoms with Gasteiger partial charge in [0.2, 0.25) is 0 Å². The molecule has 4 nitrogen and oxygen atoms in total. The summed E-state index contributed by atoms with van der Waals surface area (Å²) in [6.07, 6.45) is -8.50. The molecule has 0 aliphatic carbocycles. The van der Waals surface area contributed by atoms with Crippen molar-refractivity contribution in [3.63, 3.8) is 0 Å². The van der Waals surface area contributed by atoms with Crippen molar-refractivity contribution >= 4 is 5.97 Å². The number of hydrogen-bond donors (Lipinski definition) is 1. The van der Waals surface area contributed by atoms with Crippen molar-refractivity contribution in [3.8, 4) is 6.07 Å². The van der Waals surface area contributed by atoms with Crippen LogP contribution in [0.1, 0.15) is 33.6 Å². The van der Waals surface area contributed by atoms with Crippen LogP contribution in [0, 0.1) is 11.3 Å². The van der Waals surface area contributed by atoms with Gasteiger partial charge in [0.15, 0.2) is 0 Å². The van der Waals surface area contributed by atoms with Crippen LogP contribution in [0.15, 0.2) is 6.20 Å². The molecule has 0 saturated heterocycles. The van der Waals surface area contributed by atoms with Crippen LogP contribution in [0.4, 0.5) is 22.0 Å². The summed E-state index contributed by atoms with van der Waals surface area (Å²) in [5, 5.41) is 17.0. The number of carboxylic acids is 1. The molecular weight excluding hydrogens is 263 g/mol. The van der Waals surface area contributed by atoms with Crippen LogP contribution >= 0.6 is 0 Å². The summed E-state index contributed by atoms with van der Waals surface area (Å²) >= 11 is 0. The minimum absolute atomic E-state index is 0.160. The molecule has 9 heteroatoms. The van der Waals surface area contributed by atoms with Crippen LogP contribution in [0.2, 0.25) is 0 Å². The number of aromatic nitrogens is 1. The highest BCUT2D eigenvalue weighted by atomic mass is 19.4. The lowest BCUT2D eigenvalue weighted by Crippen LogP contribution is -2.18. The number of rotatable bonds is 2. The lowest BCUT2D eigenvalue weighted by atomic mass is 10.0. The minimum Gasteiger partial charge on any atom is -0.478 e. The van der Waals surface area contributed by atoms with Gasteiger partial charge in [0.05, 0.1) is 16.7 Å². The lowest BCUT2D eigenvalue weighted by molar-refractivity contribution is -0.138. The Hall–Kier alpha value is -2.24. The molecule has 18 heavy (non-hydrogen) atoms. The van der Waals surface area contributed by atoms with E-state index in [1.54, 1.807) is 0 Å². The zero-order valence-electron chi connectivity index (χ0n) is 8.29. The highest BCUT2D eigenvalue weighted by Gasteiger charge is 2.40. The Kier molecular flexibility index (Phi) is 3.50. The van der Waals surface area contributed by atoms with Crippen LogP contribution in [0.3, 0.4) is 0 Å². The van der Waals surface area contributed by atoms with E-state index in [0.717, 1.165) is 6.07 Å². The number of alkyl halides is 5. The average molecular weight is 266 g/mol.